The van der Waals surface area contributed by atoms with Gasteiger partial charge >= 0.3 is 0 Å². The van der Waals surface area contributed by atoms with Crippen LogP contribution in [-0.4, -0.2) is 17.2 Å². The molecule has 98 valence electrons. The van der Waals surface area contributed by atoms with Crippen LogP contribution in [0.2, 0.25) is 0 Å². The number of hydrogen-bond acceptors (Lipinski definition) is 3. The van der Waals surface area contributed by atoms with Crippen LogP contribution in [0.25, 0.3) is 0 Å². The number of nitrogens with zero attached hydrogens (tertiary/aromatic N) is 1. The maximum atomic E-state index is 11.4. The number of unbranched alkanes of at least 4 members (excludes halogenated alkanes) is 3. The minimum Gasteiger partial charge on any atom is -0.507 e. The summed E-state index contributed by atoms with van der Waals surface area (Å²) in [6.45, 7) is 2.14. The van der Waals surface area contributed by atoms with E-state index < -0.39 is 0 Å². The van der Waals surface area contributed by atoms with Gasteiger partial charge in [-0.1, -0.05) is 38.3 Å². The maximum Gasteiger partial charge on any atom is 0.240 e. The molecule has 1 aromatic carbocycles. The fraction of sp³-hybridized carbons (Fsp3) is 0.429. The molecule has 0 saturated heterocycles. The minimum atomic E-state index is -0.0854. The highest BCUT2D eigenvalue weighted by Crippen LogP contribution is 2.12. The molecule has 0 aliphatic rings. The lowest BCUT2D eigenvalue weighted by atomic mass is 10.1. The van der Waals surface area contributed by atoms with Crippen LogP contribution >= 0.6 is 0 Å². The molecule has 0 atom stereocenters. The van der Waals surface area contributed by atoms with Crippen LogP contribution in [0, 0.1) is 0 Å². The van der Waals surface area contributed by atoms with Gasteiger partial charge in [0.05, 0.1) is 6.21 Å². The Labute approximate surface area is 108 Å². The second kappa shape index (κ2) is 8.28. The van der Waals surface area contributed by atoms with E-state index in [1.54, 1.807) is 24.3 Å². The summed E-state index contributed by atoms with van der Waals surface area (Å²) in [5.41, 5.74) is 3.04. The molecule has 0 aliphatic carbocycles. The molecule has 4 nitrogen and oxygen atoms in total. The van der Waals surface area contributed by atoms with Crippen LogP contribution in [-0.2, 0) is 4.79 Å². The van der Waals surface area contributed by atoms with Crippen molar-refractivity contribution >= 4 is 12.1 Å². The van der Waals surface area contributed by atoms with Gasteiger partial charge in [-0.05, 0) is 18.6 Å². The van der Waals surface area contributed by atoms with Crippen molar-refractivity contribution in [2.75, 3.05) is 0 Å². The largest absolute Gasteiger partial charge is 0.507 e. The number of hydrazone groups is 1. The van der Waals surface area contributed by atoms with Crippen molar-refractivity contribution in [3.05, 3.63) is 29.8 Å². The molecule has 0 bridgehead atoms. The van der Waals surface area contributed by atoms with Crippen molar-refractivity contribution in [3.63, 3.8) is 0 Å². The van der Waals surface area contributed by atoms with E-state index in [0.29, 0.717) is 12.0 Å². The number of hydrogen-bond donors (Lipinski definition) is 2. The van der Waals surface area contributed by atoms with Crippen molar-refractivity contribution in [1.29, 1.82) is 0 Å². The molecule has 18 heavy (non-hydrogen) atoms. The Bertz CT molecular complexity index is 403. The number of benzene rings is 1. The molecule has 0 fully saturated rings. The highest BCUT2D eigenvalue weighted by atomic mass is 16.3. The Morgan fingerprint density at radius 3 is 2.83 bits per heavy atom. The SMILES string of the molecule is CCCCCCC(=O)NN=Cc1ccccc1O. The average Bonchev–Trinajstić information content (AvgIpc) is 2.37. The Hall–Kier alpha value is -1.84. The molecule has 1 rings (SSSR count). The van der Waals surface area contributed by atoms with E-state index in [1.807, 2.05) is 0 Å². The number of nitrogens with one attached hydrogen (secondary N) is 1. The topological polar surface area (TPSA) is 61.7 Å². The van der Waals surface area contributed by atoms with Gasteiger partial charge in [-0.3, -0.25) is 4.79 Å². The van der Waals surface area contributed by atoms with Gasteiger partial charge in [0.2, 0.25) is 5.91 Å². The van der Waals surface area contributed by atoms with E-state index in [0.717, 1.165) is 25.7 Å². The van der Waals surface area contributed by atoms with Crippen LogP contribution < -0.4 is 5.43 Å². The van der Waals surface area contributed by atoms with Gasteiger partial charge in [0.25, 0.3) is 0 Å². The third-order valence-corrected chi connectivity index (χ3v) is 2.59. The quantitative estimate of drug-likeness (QED) is 0.443. The smallest absolute Gasteiger partial charge is 0.240 e. The van der Waals surface area contributed by atoms with Crippen LogP contribution in [0.3, 0.4) is 0 Å². The first-order valence-corrected chi connectivity index (χ1v) is 6.34. The predicted octanol–water partition coefficient (Wildman–Crippen LogP) is 2.81. The van der Waals surface area contributed by atoms with Gasteiger partial charge in [0.15, 0.2) is 0 Å². The fourth-order valence-electron chi connectivity index (χ4n) is 1.54. The molecule has 0 aromatic heterocycles. The molecule has 1 amide bonds. The first-order chi connectivity index (χ1) is 8.74. The molecule has 0 aliphatic heterocycles. The standard InChI is InChI=1S/C14H20N2O2/c1-2-3-4-5-10-14(18)16-15-11-12-8-6-7-9-13(12)17/h6-9,11,17H,2-5,10H2,1H3,(H,16,18). The van der Waals surface area contributed by atoms with Crippen molar-refractivity contribution in [2.24, 2.45) is 5.10 Å². The van der Waals surface area contributed by atoms with E-state index in [-0.39, 0.29) is 11.7 Å². The summed E-state index contributed by atoms with van der Waals surface area (Å²) >= 11 is 0. The highest BCUT2D eigenvalue weighted by Gasteiger charge is 1.99. The monoisotopic (exact) mass is 248 g/mol. The minimum absolute atomic E-state index is 0.0854. The lowest BCUT2D eigenvalue weighted by Crippen LogP contribution is -2.16. The summed E-state index contributed by atoms with van der Waals surface area (Å²) in [4.78, 5) is 11.4. The zero-order valence-corrected chi connectivity index (χ0v) is 10.7. The zero-order valence-electron chi connectivity index (χ0n) is 10.7. The number of amides is 1. The van der Waals surface area contributed by atoms with Gasteiger partial charge in [-0.25, -0.2) is 5.43 Å². The van der Waals surface area contributed by atoms with E-state index in [9.17, 15) is 9.90 Å². The fourth-order valence-corrected chi connectivity index (χ4v) is 1.54. The predicted molar refractivity (Wildman–Crippen MR) is 72.6 cm³/mol. The Morgan fingerprint density at radius 2 is 2.11 bits per heavy atom. The van der Waals surface area contributed by atoms with Gasteiger partial charge in [-0.2, -0.15) is 5.10 Å². The summed E-state index contributed by atoms with van der Waals surface area (Å²) in [7, 11) is 0. The summed E-state index contributed by atoms with van der Waals surface area (Å²) in [5, 5.41) is 13.3. The molecule has 0 saturated carbocycles. The normalized spacial score (nSPS) is 10.7. The number of para-hydroxylation sites is 1. The third kappa shape index (κ3) is 5.48. The first kappa shape index (κ1) is 14.2. The molecular weight excluding hydrogens is 228 g/mol. The Kier molecular flexibility index (Phi) is 6.54. The molecule has 1 aromatic rings. The summed E-state index contributed by atoms with van der Waals surface area (Å²) in [5.74, 6) is 0.0659. The average molecular weight is 248 g/mol. The molecule has 0 unspecified atom stereocenters. The lowest BCUT2D eigenvalue weighted by molar-refractivity contribution is -0.121. The maximum absolute atomic E-state index is 11.4. The van der Waals surface area contributed by atoms with E-state index in [1.165, 1.54) is 6.21 Å². The van der Waals surface area contributed by atoms with E-state index >= 15 is 0 Å². The third-order valence-electron chi connectivity index (χ3n) is 2.59. The number of rotatable bonds is 7. The summed E-state index contributed by atoms with van der Waals surface area (Å²) < 4.78 is 0. The summed E-state index contributed by atoms with van der Waals surface area (Å²) in [6, 6.07) is 6.84. The zero-order chi connectivity index (χ0) is 13.2. The first-order valence-electron chi connectivity index (χ1n) is 6.34. The second-order valence-electron chi connectivity index (χ2n) is 4.16. The van der Waals surface area contributed by atoms with Gasteiger partial charge in [-0.15, -0.1) is 0 Å². The highest BCUT2D eigenvalue weighted by molar-refractivity contribution is 5.84. The van der Waals surface area contributed by atoms with Gasteiger partial charge in [0.1, 0.15) is 5.75 Å². The van der Waals surface area contributed by atoms with Crippen molar-refractivity contribution < 1.29 is 9.90 Å². The van der Waals surface area contributed by atoms with Crippen LogP contribution in [0.15, 0.2) is 29.4 Å². The number of carbonyl (C=O) groups excluding carboxylic acids is 1. The molecule has 4 heteroatoms. The molecule has 0 heterocycles. The van der Waals surface area contributed by atoms with Crippen molar-refractivity contribution in [1.82, 2.24) is 5.43 Å². The van der Waals surface area contributed by atoms with Crippen LogP contribution in [0.1, 0.15) is 44.6 Å². The number of phenols is 1. The number of phenolic OH excluding ortho intramolecular Hbond substituents is 1. The van der Waals surface area contributed by atoms with Crippen molar-refractivity contribution in [3.8, 4) is 5.75 Å². The molecular formula is C14H20N2O2. The molecule has 2 N–H and O–H groups in total. The number of aromatic hydroxyl groups is 1. The Morgan fingerprint density at radius 1 is 1.33 bits per heavy atom. The lowest BCUT2D eigenvalue weighted by Gasteiger charge is -2.00. The van der Waals surface area contributed by atoms with E-state index in [4.69, 9.17) is 0 Å². The Balaban J connectivity index is 2.28. The number of carbonyl (C=O) groups is 1. The van der Waals surface area contributed by atoms with Crippen LogP contribution in [0.5, 0.6) is 5.75 Å². The molecule has 0 spiro atoms. The van der Waals surface area contributed by atoms with E-state index in [2.05, 4.69) is 17.5 Å². The summed E-state index contributed by atoms with van der Waals surface area (Å²) in [6.07, 6.45) is 6.23. The van der Waals surface area contributed by atoms with Gasteiger partial charge < -0.3 is 5.11 Å². The molecule has 0 radical (unpaired) electrons. The second-order valence-corrected chi connectivity index (χ2v) is 4.16. The van der Waals surface area contributed by atoms with Gasteiger partial charge in [0, 0.05) is 12.0 Å². The van der Waals surface area contributed by atoms with Crippen LogP contribution in [0.4, 0.5) is 0 Å². The van der Waals surface area contributed by atoms with Crippen molar-refractivity contribution in [2.45, 2.75) is 39.0 Å².